The van der Waals surface area contributed by atoms with Crippen molar-refractivity contribution in [2.75, 3.05) is 13.7 Å². The topological polar surface area (TPSA) is 85.0 Å². The minimum Gasteiger partial charge on any atom is -0.497 e. The number of amides is 1. The van der Waals surface area contributed by atoms with Gasteiger partial charge in [-0.25, -0.2) is 4.99 Å². The Balaban J connectivity index is 1.95. The molecule has 1 aliphatic rings. The quantitative estimate of drug-likeness (QED) is 0.393. The lowest BCUT2D eigenvalue weighted by Gasteiger charge is -2.12. The molecule has 0 aliphatic carbocycles. The normalized spacial score (nSPS) is 16.8. The molecule has 1 heterocycles. The van der Waals surface area contributed by atoms with Crippen LogP contribution in [0.1, 0.15) is 12.5 Å². The van der Waals surface area contributed by atoms with Crippen molar-refractivity contribution in [2.45, 2.75) is 6.92 Å². The Morgan fingerprint density at radius 2 is 2.00 bits per heavy atom. The van der Waals surface area contributed by atoms with E-state index >= 15 is 0 Å². The van der Waals surface area contributed by atoms with Crippen molar-refractivity contribution in [2.24, 2.45) is 4.99 Å². The van der Waals surface area contributed by atoms with Crippen molar-refractivity contribution in [1.29, 1.82) is 0 Å². The number of nitrogens with zero attached hydrogens (tertiary/aromatic N) is 3. The molecule has 0 bridgehead atoms. The summed E-state index contributed by atoms with van der Waals surface area (Å²) in [5, 5.41) is 11.9. The van der Waals surface area contributed by atoms with Gasteiger partial charge in [-0.15, -0.1) is 0 Å². The van der Waals surface area contributed by atoms with Crippen molar-refractivity contribution in [3.8, 4) is 5.75 Å². The van der Waals surface area contributed by atoms with Crippen LogP contribution in [-0.2, 0) is 4.79 Å². The molecule has 144 valence electrons. The Hall–Kier alpha value is -2.84. The maximum Gasteiger partial charge on any atom is 0.270 e. The minimum atomic E-state index is -0.503. The van der Waals surface area contributed by atoms with Crippen molar-refractivity contribution < 1.29 is 14.5 Å². The molecule has 1 aliphatic heterocycles. The van der Waals surface area contributed by atoms with Crippen LogP contribution in [0, 0.1) is 10.1 Å². The molecule has 0 aromatic heterocycles. The van der Waals surface area contributed by atoms with E-state index in [1.807, 2.05) is 6.92 Å². The second-order valence-electron chi connectivity index (χ2n) is 5.72. The lowest BCUT2D eigenvalue weighted by atomic mass is 10.2. The first-order valence-corrected chi connectivity index (χ1v) is 9.50. The van der Waals surface area contributed by atoms with E-state index in [4.69, 9.17) is 16.3 Å². The number of nitro benzene ring substituents is 1. The molecular formula is C19H16ClN3O4S. The van der Waals surface area contributed by atoms with Crippen LogP contribution in [-0.4, -0.2) is 34.6 Å². The number of thioether (sulfide) groups is 1. The zero-order valence-electron chi connectivity index (χ0n) is 15.1. The van der Waals surface area contributed by atoms with Crippen LogP contribution in [0.15, 0.2) is 52.4 Å². The highest BCUT2D eigenvalue weighted by Gasteiger charge is 2.32. The average Bonchev–Trinajstić information content (AvgIpc) is 2.98. The minimum absolute atomic E-state index is 0.0915. The van der Waals surface area contributed by atoms with Crippen LogP contribution in [0.4, 0.5) is 11.4 Å². The molecule has 28 heavy (non-hydrogen) atoms. The van der Waals surface area contributed by atoms with Gasteiger partial charge >= 0.3 is 0 Å². The number of methoxy groups -OCH3 is 1. The van der Waals surface area contributed by atoms with Crippen molar-refractivity contribution in [3.63, 3.8) is 0 Å². The zero-order valence-corrected chi connectivity index (χ0v) is 16.7. The van der Waals surface area contributed by atoms with Crippen molar-refractivity contribution in [1.82, 2.24) is 4.90 Å². The van der Waals surface area contributed by atoms with Crippen molar-refractivity contribution >= 4 is 51.9 Å². The SMILES string of the molecule is CCN1C(=O)/C(=C\c2cc([N+](=O)[O-])ccc2Cl)SC1=Nc1ccc(OC)cc1. The number of carbonyl (C=O) groups is 1. The van der Waals surface area contributed by atoms with E-state index in [-0.39, 0.29) is 11.6 Å². The second kappa shape index (κ2) is 8.45. The number of hydrogen-bond acceptors (Lipinski definition) is 6. The Morgan fingerprint density at radius 3 is 2.61 bits per heavy atom. The Labute approximate surface area is 170 Å². The number of ether oxygens (including phenoxy) is 1. The van der Waals surface area contributed by atoms with Crippen LogP contribution in [0.2, 0.25) is 5.02 Å². The molecule has 0 unspecified atom stereocenters. The fourth-order valence-electron chi connectivity index (χ4n) is 2.53. The van der Waals surface area contributed by atoms with Gasteiger partial charge in [-0.2, -0.15) is 0 Å². The second-order valence-corrected chi connectivity index (χ2v) is 7.13. The fourth-order valence-corrected chi connectivity index (χ4v) is 3.76. The maximum absolute atomic E-state index is 12.7. The van der Waals surface area contributed by atoms with E-state index in [1.54, 1.807) is 42.4 Å². The Kier molecular flexibility index (Phi) is 6.01. The summed E-state index contributed by atoms with van der Waals surface area (Å²) >= 11 is 7.35. The maximum atomic E-state index is 12.7. The molecule has 2 aromatic carbocycles. The van der Waals surface area contributed by atoms with Gasteiger partial charge in [-0.1, -0.05) is 11.6 Å². The molecular weight excluding hydrogens is 402 g/mol. The van der Waals surface area contributed by atoms with E-state index in [9.17, 15) is 14.9 Å². The first kappa shape index (κ1) is 19.9. The van der Waals surface area contributed by atoms with Gasteiger partial charge < -0.3 is 4.74 Å². The summed E-state index contributed by atoms with van der Waals surface area (Å²) in [6.07, 6.45) is 1.56. The van der Waals surface area contributed by atoms with Crippen molar-refractivity contribution in [3.05, 3.63) is 68.1 Å². The van der Waals surface area contributed by atoms with E-state index in [1.165, 1.54) is 30.0 Å². The van der Waals surface area contributed by atoms with E-state index in [0.29, 0.717) is 38.6 Å². The van der Waals surface area contributed by atoms with Crippen LogP contribution < -0.4 is 4.74 Å². The molecule has 1 fully saturated rings. The summed E-state index contributed by atoms with van der Waals surface area (Å²) in [6.45, 7) is 2.30. The predicted octanol–water partition coefficient (Wildman–Crippen LogP) is 4.88. The number of amidine groups is 1. The van der Waals surface area contributed by atoms with Gasteiger partial charge in [0.2, 0.25) is 0 Å². The van der Waals surface area contributed by atoms with Gasteiger partial charge in [-0.05, 0) is 55.1 Å². The highest BCUT2D eigenvalue weighted by Crippen LogP contribution is 2.35. The summed E-state index contributed by atoms with van der Waals surface area (Å²) < 4.78 is 5.13. The number of halogens is 1. The van der Waals surface area contributed by atoms with Gasteiger partial charge in [0.05, 0.1) is 22.6 Å². The number of benzene rings is 2. The Bertz CT molecular complexity index is 989. The number of carbonyl (C=O) groups excluding carboxylic acids is 1. The first-order valence-electron chi connectivity index (χ1n) is 8.31. The third kappa shape index (κ3) is 4.18. The zero-order chi connectivity index (χ0) is 20.3. The van der Waals surface area contributed by atoms with E-state index in [0.717, 1.165) is 0 Å². The third-order valence-corrected chi connectivity index (χ3v) is 5.33. The molecule has 9 heteroatoms. The third-order valence-electron chi connectivity index (χ3n) is 3.98. The number of nitro groups is 1. The first-order chi connectivity index (χ1) is 13.4. The monoisotopic (exact) mass is 417 g/mol. The van der Waals surface area contributed by atoms with Crippen LogP contribution in [0.5, 0.6) is 5.75 Å². The fraction of sp³-hybridized carbons (Fsp3) is 0.158. The lowest BCUT2D eigenvalue weighted by molar-refractivity contribution is -0.384. The number of hydrogen-bond donors (Lipinski definition) is 0. The van der Waals surface area contributed by atoms with Gasteiger partial charge in [0, 0.05) is 29.3 Å². The highest BCUT2D eigenvalue weighted by atomic mass is 35.5. The number of rotatable bonds is 5. The summed E-state index contributed by atoms with van der Waals surface area (Å²) in [5.74, 6) is 0.495. The average molecular weight is 418 g/mol. The molecule has 1 saturated heterocycles. The van der Waals surface area contributed by atoms with Gasteiger partial charge in [-0.3, -0.25) is 19.8 Å². The standard InChI is InChI=1S/C19H16ClN3O4S/c1-3-22-18(24)17(11-12-10-14(23(25)26)6-9-16(12)20)28-19(22)21-13-4-7-15(27-2)8-5-13/h4-11H,3H2,1-2H3/b17-11+,21-19?. The summed E-state index contributed by atoms with van der Waals surface area (Å²) in [6, 6.07) is 11.3. The van der Waals surface area contributed by atoms with Gasteiger partial charge in [0.25, 0.3) is 11.6 Å². The molecule has 0 radical (unpaired) electrons. The largest absolute Gasteiger partial charge is 0.497 e. The molecule has 2 aromatic rings. The van der Waals surface area contributed by atoms with E-state index in [2.05, 4.69) is 4.99 Å². The molecule has 7 nitrogen and oxygen atoms in total. The summed E-state index contributed by atoms with van der Waals surface area (Å²) in [4.78, 5) is 29.7. The van der Waals surface area contributed by atoms with Crippen LogP contribution in [0.25, 0.3) is 6.08 Å². The number of non-ortho nitro benzene ring substituents is 1. The number of likely N-dealkylation sites (N-methyl/N-ethyl adjacent to an activating group) is 1. The molecule has 0 N–H and O–H groups in total. The molecule has 1 amide bonds. The summed E-state index contributed by atoms with van der Waals surface area (Å²) in [5.41, 5.74) is 1.00. The highest BCUT2D eigenvalue weighted by molar-refractivity contribution is 8.18. The smallest absolute Gasteiger partial charge is 0.270 e. The number of aliphatic imine (C=N–C) groups is 1. The van der Waals surface area contributed by atoms with Gasteiger partial charge in [0.15, 0.2) is 5.17 Å². The molecule has 3 rings (SSSR count). The van der Waals surface area contributed by atoms with E-state index < -0.39 is 4.92 Å². The molecule has 0 saturated carbocycles. The van der Waals surface area contributed by atoms with Crippen LogP contribution >= 0.6 is 23.4 Å². The van der Waals surface area contributed by atoms with Crippen LogP contribution in [0.3, 0.4) is 0 Å². The molecule has 0 atom stereocenters. The molecule has 0 spiro atoms. The Morgan fingerprint density at radius 1 is 1.29 bits per heavy atom. The predicted molar refractivity (Wildman–Crippen MR) is 111 cm³/mol. The van der Waals surface area contributed by atoms with Gasteiger partial charge in [0.1, 0.15) is 5.75 Å². The summed E-state index contributed by atoms with van der Waals surface area (Å²) in [7, 11) is 1.58. The lowest BCUT2D eigenvalue weighted by Crippen LogP contribution is -2.28.